The third-order valence-corrected chi connectivity index (χ3v) is 3.63. The first kappa shape index (κ1) is 11.1. The van der Waals surface area contributed by atoms with E-state index in [4.69, 9.17) is 0 Å². The van der Waals surface area contributed by atoms with Crippen LogP contribution in [0.2, 0.25) is 0 Å². The Kier molecular flexibility index (Phi) is 2.97. The SMILES string of the molecule is Cc1ccc(C)n1-c1ccc(S(C)=O)cc1. The van der Waals surface area contributed by atoms with Crippen molar-refractivity contribution in [3.63, 3.8) is 0 Å². The van der Waals surface area contributed by atoms with Gasteiger partial charge in [0.15, 0.2) is 0 Å². The van der Waals surface area contributed by atoms with Crippen molar-refractivity contribution in [1.29, 1.82) is 0 Å². The summed E-state index contributed by atoms with van der Waals surface area (Å²) in [6, 6.07) is 12.1. The lowest BCUT2D eigenvalue weighted by molar-refractivity contribution is 0.687. The van der Waals surface area contributed by atoms with Crippen molar-refractivity contribution in [1.82, 2.24) is 4.57 Å². The molecule has 1 aromatic heterocycles. The van der Waals surface area contributed by atoms with Gasteiger partial charge < -0.3 is 4.57 Å². The van der Waals surface area contributed by atoms with E-state index in [1.807, 2.05) is 24.3 Å². The normalized spacial score (nSPS) is 12.7. The van der Waals surface area contributed by atoms with Gasteiger partial charge in [0.2, 0.25) is 0 Å². The van der Waals surface area contributed by atoms with E-state index in [2.05, 4.69) is 30.5 Å². The van der Waals surface area contributed by atoms with E-state index in [1.54, 1.807) is 6.26 Å². The highest BCUT2D eigenvalue weighted by Gasteiger charge is 2.04. The van der Waals surface area contributed by atoms with E-state index in [-0.39, 0.29) is 0 Å². The zero-order chi connectivity index (χ0) is 11.7. The third kappa shape index (κ3) is 1.95. The summed E-state index contributed by atoms with van der Waals surface area (Å²) in [4.78, 5) is 0.867. The maximum Gasteiger partial charge on any atom is 0.0498 e. The van der Waals surface area contributed by atoms with Crippen molar-refractivity contribution in [2.75, 3.05) is 6.26 Å². The molecule has 2 aromatic rings. The number of hydrogen-bond donors (Lipinski definition) is 0. The summed E-state index contributed by atoms with van der Waals surface area (Å²) in [7, 11) is -0.904. The molecular weight excluding hydrogens is 218 g/mol. The minimum absolute atomic E-state index is 0.867. The molecule has 0 fully saturated rings. The molecule has 0 N–H and O–H groups in total. The lowest BCUT2D eigenvalue weighted by atomic mass is 10.3. The van der Waals surface area contributed by atoms with Crippen molar-refractivity contribution in [2.24, 2.45) is 0 Å². The van der Waals surface area contributed by atoms with Crippen LogP contribution in [-0.4, -0.2) is 15.0 Å². The molecular formula is C13H15NOS. The van der Waals surface area contributed by atoms with Gasteiger partial charge in [-0.2, -0.15) is 0 Å². The van der Waals surface area contributed by atoms with E-state index in [0.717, 1.165) is 10.6 Å². The molecule has 0 saturated heterocycles. The highest BCUT2D eigenvalue weighted by Crippen LogP contribution is 2.17. The van der Waals surface area contributed by atoms with E-state index in [0.29, 0.717) is 0 Å². The molecule has 1 heterocycles. The average molecular weight is 233 g/mol. The molecule has 0 aliphatic carbocycles. The Hall–Kier alpha value is -1.35. The van der Waals surface area contributed by atoms with Crippen molar-refractivity contribution in [2.45, 2.75) is 18.7 Å². The summed E-state index contributed by atoms with van der Waals surface area (Å²) in [5.74, 6) is 0. The van der Waals surface area contributed by atoms with Crippen LogP contribution < -0.4 is 0 Å². The minimum Gasteiger partial charge on any atom is -0.319 e. The van der Waals surface area contributed by atoms with E-state index in [1.165, 1.54) is 11.4 Å². The Balaban J connectivity index is 2.46. The first-order valence-corrected chi connectivity index (χ1v) is 6.74. The summed E-state index contributed by atoms with van der Waals surface area (Å²) in [5, 5.41) is 0. The van der Waals surface area contributed by atoms with Gasteiger partial charge in [-0.05, 0) is 50.2 Å². The molecule has 0 aliphatic heterocycles. The molecule has 0 saturated carbocycles. The summed E-state index contributed by atoms with van der Waals surface area (Å²) >= 11 is 0. The quantitative estimate of drug-likeness (QED) is 0.781. The molecule has 0 radical (unpaired) electrons. The van der Waals surface area contributed by atoms with Crippen LogP contribution in [0.15, 0.2) is 41.3 Å². The molecule has 1 atom stereocenters. The van der Waals surface area contributed by atoms with Gasteiger partial charge in [-0.3, -0.25) is 4.21 Å². The van der Waals surface area contributed by atoms with E-state index in [9.17, 15) is 4.21 Å². The van der Waals surface area contributed by atoms with Gasteiger partial charge in [0.05, 0.1) is 0 Å². The molecule has 2 rings (SSSR count). The van der Waals surface area contributed by atoms with Gasteiger partial charge in [-0.15, -0.1) is 0 Å². The van der Waals surface area contributed by atoms with Gasteiger partial charge in [0.1, 0.15) is 0 Å². The van der Waals surface area contributed by atoms with E-state index < -0.39 is 10.8 Å². The minimum atomic E-state index is -0.904. The van der Waals surface area contributed by atoms with Crippen molar-refractivity contribution >= 4 is 10.8 Å². The van der Waals surface area contributed by atoms with Gasteiger partial charge in [0.25, 0.3) is 0 Å². The topological polar surface area (TPSA) is 22.0 Å². The number of benzene rings is 1. The number of aromatic nitrogens is 1. The first-order chi connectivity index (χ1) is 7.59. The second kappa shape index (κ2) is 4.26. The molecule has 2 nitrogen and oxygen atoms in total. The molecule has 0 spiro atoms. The molecule has 0 aliphatic rings. The largest absolute Gasteiger partial charge is 0.319 e. The molecule has 0 bridgehead atoms. The number of rotatable bonds is 2. The molecule has 0 amide bonds. The summed E-state index contributed by atoms with van der Waals surface area (Å²) in [6.07, 6.45) is 1.70. The van der Waals surface area contributed by atoms with Crippen LogP contribution in [0.5, 0.6) is 0 Å². The molecule has 3 heteroatoms. The van der Waals surface area contributed by atoms with Crippen molar-refractivity contribution < 1.29 is 4.21 Å². The van der Waals surface area contributed by atoms with Gasteiger partial charge >= 0.3 is 0 Å². The van der Waals surface area contributed by atoms with Gasteiger partial charge in [-0.1, -0.05) is 0 Å². The smallest absolute Gasteiger partial charge is 0.0498 e. The van der Waals surface area contributed by atoms with Crippen LogP contribution in [0, 0.1) is 13.8 Å². The van der Waals surface area contributed by atoms with E-state index >= 15 is 0 Å². The monoisotopic (exact) mass is 233 g/mol. The Labute approximate surface area is 98.4 Å². The predicted molar refractivity (Wildman–Crippen MR) is 67.6 cm³/mol. The highest BCUT2D eigenvalue weighted by atomic mass is 32.2. The second-order valence-electron chi connectivity index (χ2n) is 3.90. The van der Waals surface area contributed by atoms with Crippen molar-refractivity contribution in [3.05, 3.63) is 47.8 Å². The van der Waals surface area contributed by atoms with Crippen LogP contribution in [0.4, 0.5) is 0 Å². The standard InChI is InChI=1S/C13H15NOS/c1-10-4-5-11(2)14(10)12-6-8-13(9-7-12)16(3)15/h4-9H,1-3H3. The van der Waals surface area contributed by atoms with Crippen LogP contribution in [0.1, 0.15) is 11.4 Å². The van der Waals surface area contributed by atoms with Crippen LogP contribution in [0.3, 0.4) is 0 Å². The Morgan fingerprint density at radius 3 is 1.88 bits per heavy atom. The van der Waals surface area contributed by atoms with Gasteiger partial charge in [0, 0.05) is 39.0 Å². The van der Waals surface area contributed by atoms with Crippen LogP contribution in [0.25, 0.3) is 5.69 Å². The Bertz CT molecular complexity index is 506. The number of hydrogen-bond acceptors (Lipinski definition) is 1. The zero-order valence-corrected chi connectivity index (χ0v) is 10.5. The lowest BCUT2D eigenvalue weighted by Crippen LogP contribution is -1.98. The number of nitrogens with zero attached hydrogens (tertiary/aromatic N) is 1. The predicted octanol–water partition coefficient (Wildman–Crippen LogP) is 2.83. The third-order valence-electron chi connectivity index (χ3n) is 2.70. The highest BCUT2D eigenvalue weighted by molar-refractivity contribution is 7.84. The second-order valence-corrected chi connectivity index (χ2v) is 5.28. The fraction of sp³-hybridized carbons (Fsp3) is 0.231. The molecule has 1 unspecified atom stereocenters. The molecule has 84 valence electrons. The summed E-state index contributed by atoms with van der Waals surface area (Å²) in [6.45, 7) is 4.16. The average Bonchev–Trinajstić information content (AvgIpc) is 2.59. The fourth-order valence-corrected chi connectivity index (χ4v) is 2.38. The molecule has 16 heavy (non-hydrogen) atoms. The summed E-state index contributed by atoms with van der Waals surface area (Å²) in [5.41, 5.74) is 3.54. The number of aryl methyl sites for hydroxylation is 2. The molecule has 1 aromatic carbocycles. The van der Waals surface area contributed by atoms with Gasteiger partial charge in [-0.25, -0.2) is 0 Å². The Morgan fingerprint density at radius 1 is 0.938 bits per heavy atom. The van der Waals surface area contributed by atoms with Crippen molar-refractivity contribution in [3.8, 4) is 5.69 Å². The maximum absolute atomic E-state index is 11.3. The lowest BCUT2D eigenvalue weighted by Gasteiger charge is -2.09. The maximum atomic E-state index is 11.3. The Morgan fingerprint density at radius 2 is 1.44 bits per heavy atom. The van der Waals surface area contributed by atoms with Crippen LogP contribution >= 0.6 is 0 Å². The van der Waals surface area contributed by atoms with Crippen LogP contribution in [-0.2, 0) is 10.8 Å². The zero-order valence-electron chi connectivity index (χ0n) is 9.73. The summed E-state index contributed by atoms with van der Waals surface area (Å²) < 4.78 is 13.5. The fourth-order valence-electron chi connectivity index (χ4n) is 1.86. The first-order valence-electron chi connectivity index (χ1n) is 5.18.